The van der Waals surface area contributed by atoms with E-state index < -0.39 is 0 Å². The molecule has 0 saturated carbocycles. The summed E-state index contributed by atoms with van der Waals surface area (Å²) in [5, 5.41) is 2.84. The van der Waals surface area contributed by atoms with Crippen LogP contribution in [0.5, 0.6) is 5.75 Å². The maximum Gasteiger partial charge on any atom is 0.224 e. The molecular weight excluding hydrogens is 216 g/mol. The third-order valence-electron chi connectivity index (χ3n) is 2.76. The van der Waals surface area contributed by atoms with Crippen LogP contribution in [0.3, 0.4) is 0 Å². The molecule has 1 atom stereocenters. The van der Waals surface area contributed by atoms with Gasteiger partial charge >= 0.3 is 0 Å². The van der Waals surface area contributed by atoms with Gasteiger partial charge in [0.1, 0.15) is 5.75 Å². The fourth-order valence-electron chi connectivity index (χ4n) is 1.54. The van der Waals surface area contributed by atoms with Crippen LogP contribution in [0.4, 0.5) is 5.69 Å². The van der Waals surface area contributed by atoms with Crippen LogP contribution < -0.4 is 15.8 Å². The molecule has 0 heterocycles. The normalized spacial score (nSPS) is 11.9. The van der Waals surface area contributed by atoms with E-state index in [0.29, 0.717) is 13.0 Å². The van der Waals surface area contributed by atoms with Gasteiger partial charge in [0.15, 0.2) is 0 Å². The van der Waals surface area contributed by atoms with Gasteiger partial charge in [-0.05, 0) is 36.7 Å². The summed E-state index contributed by atoms with van der Waals surface area (Å²) in [5.74, 6) is 1.04. The summed E-state index contributed by atoms with van der Waals surface area (Å²) in [6, 6.07) is 7.27. The standard InChI is InChI=1S/C13H20N2O2/c1-3-10(9-14)8-13(16)15-11-4-6-12(17-2)7-5-11/h4-7,10H,3,8-9,14H2,1-2H3,(H,15,16). The average Bonchev–Trinajstić information content (AvgIpc) is 2.37. The molecule has 1 aromatic rings. The Kier molecular flexibility index (Phi) is 5.49. The van der Waals surface area contributed by atoms with Crippen molar-refractivity contribution in [2.45, 2.75) is 19.8 Å². The first-order chi connectivity index (χ1) is 8.19. The summed E-state index contributed by atoms with van der Waals surface area (Å²) in [5.41, 5.74) is 6.35. The number of methoxy groups -OCH3 is 1. The van der Waals surface area contributed by atoms with Crippen molar-refractivity contribution in [3.8, 4) is 5.75 Å². The van der Waals surface area contributed by atoms with Crippen molar-refractivity contribution in [1.29, 1.82) is 0 Å². The minimum absolute atomic E-state index is 0.00691. The van der Waals surface area contributed by atoms with E-state index in [0.717, 1.165) is 17.9 Å². The van der Waals surface area contributed by atoms with E-state index in [4.69, 9.17) is 10.5 Å². The number of hydrogen-bond donors (Lipinski definition) is 2. The zero-order valence-electron chi connectivity index (χ0n) is 10.4. The zero-order valence-corrected chi connectivity index (χ0v) is 10.4. The Hall–Kier alpha value is -1.55. The van der Waals surface area contributed by atoms with Crippen LogP contribution in [-0.2, 0) is 4.79 Å². The number of nitrogens with one attached hydrogen (secondary N) is 1. The maximum atomic E-state index is 11.7. The van der Waals surface area contributed by atoms with Gasteiger partial charge in [0.05, 0.1) is 7.11 Å². The number of carbonyl (C=O) groups is 1. The second kappa shape index (κ2) is 6.91. The molecule has 1 unspecified atom stereocenters. The number of amides is 1. The van der Waals surface area contributed by atoms with Crippen LogP contribution in [0.15, 0.2) is 24.3 Å². The number of anilines is 1. The first-order valence-corrected chi connectivity index (χ1v) is 5.83. The Morgan fingerprint density at radius 3 is 2.53 bits per heavy atom. The van der Waals surface area contributed by atoms with E-state index in [1.165, 1.54) is 0 Å². The van der Waals surface area contributed by atoms with Gasteiger partial charge in [0, 0.05) is 12.1 Å². The largest absolute Gasteiger partial charge is 0.497 e. The van der Waals surface area contributed by atoms with Crippen molar-refractivity contribution in [3.05, 3.63) is 24.3 Å². The van der Waals surface area contributed by atoms with Crippen LogP contribution in [0.25, 0.3) is 0 Å². The van der Waals surface area contributed by atoms with Gasteiger partial charge in [0.25, 0.3) is 0 Å². The highest BCUT2D eigenvalue weighted by Crippen LogP contribution is 2.16. The molecule has 94 valence electrons. The highest BCUT2D eigenvalue weighted by molar-refractivity contribution is 5.90. The highest BCUT2D eigenvalue weighted by atomic mass is 16.5. The SMILES string of the molecule is CCC(CN)CC(=O)Nc1ccc(OC)cc1. The minimum Gasteiger partial charge on any atom is -0.497 e. The average molecular weight is 236 g/mol. The summed E-state index contributed by atoms with van der Waals surface area (Å²) >= 11 is 0. The minimum atomic E-state index is 0.00691. The van der Waals surface area contributed by atoms with Gasteiger partial charge in [-0.3, -0.25) is 4.79 Å². The van der Waals surface area contributed by atoms with Gasteiger partial charge in [-0.15, -0.1) is 0 Å². The van der Waals surface area contributed by atoms with Crippen molar-refractivity contribution < 1.29 is 9.53 Å². The second-order valence-corrected chi connectivity index (χ2v) is 3.99. The lowest BCUT2D eigenvalue weighted by molar-refractivity contribution is -0.117. The second-order valence-electron chi connectivity index (χ2n) is 3.99. The van der Waals surface area contributed by atoms with Crippen molar-refractivity contribution in [2.75, 3.05) is 19.0 Å². The molecule has 1 rings (SSSR count). The molecule has 3 N–H and O–H groups in total. The number of hydrogen-bond acceptors (Lipinski definition) is 3. The van der Waals surface area contributed by atoms with E-state index >= 15 is 0 Å². The van der Waals surface area contributed by atoms with Gasteiger partial charge in [0.2, 0.25) is 5.91 Å². The zero-order chi connectivity index (χ0) is 12.7. The highest BCUT2D eigenvalue weighted by Gasteiger charge is 2.10. The molecule has 4 nitrogen and oxygen atoms in total. The van der Waals surface area contributed by atoms with Crippen LogP contribution in [-0.4, -0.2) is 19.6 Å². The van der Waals surface area contributed by atoms with Crippen molar-refractivity contribution in [2.24, 2.45) is 11.7 Å². The number of ether oxygens (including phenoxy) is 1. The first-order valence-electron chi connectivity index (χ1n) is 5.83. The predicted octanol–water partition coefficient (Wildman–Crippen LogP) is 2.01. The lowest BCUT2D eigenvalue weighted by atomic mass is 10.0. The number of benzene rings is 1. The lowest BCUT2D eigenvalue weighted by Crippen LogP contribution is -2.21. The Morgan fingerprint density at radius 1 is 1.41 bits per heavy atom. The summed E-state index contributed by atoms with van der Waals surface area (Å²) in [4.78, 5) is 11.7. The molecule has 0 aliphatic rings. The summed E-state index contributed by atoms with van der Waals surface area (Å²) < 4.78 is 5.04. The Morgan fingerprint density at radius 2 is 2.06 bits per heavy atom. The van der Waals surface area contributed by atoms with Crippen LogP contribution in [0.2, 0.25) is 0 Å². The van der Waals surface area contributed by atoms with E-state index in [1.54, 1.807) is 7.11 Å². The molecule has 0 saturated heterocycles. The molecule has 1 aromatic carbocycles. The topological polar surface area (TPSA) is 64.4 Å². The van der Waals surface area contributed by atoms with Crippen molar-refractivity contribution in [3.63, 3.8) is 0 Å². The maximum absolute atomic E-state index is 11.7. The molecular formula is C13H20N2O2. The van der Waals surface area contributed by atoms with Gasteiger partial charge in [-0.1, -0.05) is 13.3 Å². The van der Waals surface area contributed by atoms with Crippen LogP contribution in [0, 0.1) is 5.92 Å². The van der Waals surface area contributed by atoms with E-state index in [-0.39, 0.29) is 11.8 Å². The first kappa shape index (κ1) is 13.5. The fourth-order valence-corrected chi connectivity index (χ4v) is 1.54. The molecule has 0 aromatic heterocycles. The molecule has 17 heavy (non-hydrogen) atoms. The van der Waals surface area contributed by atoms with Crippen molar-refractivity contribution >= 4 is 11.6 Å². The molecule has 0 radical (unpaired) electrons. The Bertz CT molecular complexity index is 345. The van der Waals surface area contributed by atoms with Gasteiger partial charge in [-0.2, -0.15) is 0 Å². The fraction of sp³-hybridized carbons (Fsp3) is 0.462. The van der Waals surface area contributed by atoms with E-state index in [1.807, 2.05) is 31.2 Å². The number of carbonyl (C=O) groups excluding carboxylic acids is 1. The molecule has 1 amide bonds. The summed E-state index contributed by atoms with van der Waals surface area (Å²) in [6.45, 7) is 2.59. The smallest absolute Gasteiger partial charge is 0.224 e. The Balaban J connectivity index is 2.49. The molecule has 0 spiro atoms. The summed E-state index contributed by atoms with van der Waals surface area (Å²) in [7, 11) is 1.61. The number of rotatable bonds is 6. The molecule has 0 aliphatic carbocycles. The van der Waals surface area contributed by atoms with E-state index in [2.05, 4.69) is 5.32 Å². The van der Waals surface area contributed by atoms with Crippen LogP contribution >= 0.6 is 0 Å². The third kappa shape index (κ3) is 4.44. The van der Waals surface area contributed by atoms with Gasteiger partial charge in [-0.25, -0.2) is 0 Å². The van der Waals surface area contributed by atoms with Gasteiger partial charge < -0.3 is 15.8 Å². The quantitative estimate of drug-likeness (QED) is 0.794. The predicted molar refractivity (Wildman–Crippen MR) is 69.1 cm³/mol. The lowest BCUT2D eigenvalue weighted by Gasteiger charge is -2.12. The molecule has 0 bridgehead atoms. The number of nitrogens with two attached hydrogens (primary N) is 1. The molecule has 0 aliphatic heterocycles. The third-order valence-corrected chi connectivity index (χ3v) is 2.76. The molecule has 4 heteroatoms. The van der Waals surface area contributed by atoms with E-state index in [9.17, 15) is 4.79 Å². The monoisotopic (exact) mass is 236 g/mol. The molecule has 0 fully saturated rings. The van der Waals surface area contributed by atoms with Crippen LogP contribution in [0.1, 0.15) is 19.8 Å². The van der Waals surface area contributed by atoms with Crippen molar-refractivity contribution in [1.82, 2.24) is 0 Å². The summed E-state index contributed by atoms with van der Waals surface area (Å²) in [6.07, 6.45) is 1.39. The Labute approximate surface area is 102 Å².